The van der Waals surface area contributed by atoms with Crippen LogP contribution in [0.4, 0.5) is 5.69 Å². The summed E-state index contributed by atoms with van der Waals surface area (Å²) in [6.45, 7) is 0. The molecule has 7 heteroatoms. The maximum atomic E-state index is 6.02. The zero-order valence-electron chi connectivity index (χ0n) is 8.75. The van der Waals surface area contributed by atoms with E-state index in [1.54, 1.807) is 0 Å². The summed E-state index contributed by atoms with van der Waals surface area (Å²) in [5.41, 5.74) is 1.11. The average molecular weight is 492 g/mol. The summed E-state index contributed by atoms with van der Waals surface area (Å²) >= 11 is 23.6. The van der Waals surface area contributed by atoms with Crippen molar-refractivity contribution in [1.82, 2.24) is 4.98 Å². The number of hydrogen-bond donors (Lipinski definition) is 1. The number of halogens is 4. The molecule has 2 rings (SSSR count). The van der Waals surface area contributed by atoms with Crippen molar-refractivity contribution in [3.63, 3.8) is 0 Å². The molecule has 0 radical (unpaired) electrons. The minimum absolute atomic E-state index is 0. The molecule has 0 aliphatic carbocycles. The van der Waals surface area contributed by atoms with Crippen LogP contribution in [0.5, 0.6) is 0 Å². The van der Waals surface area contributed by atoms with Gasteiger partial charge in [-0.25, -0.2) is 4.99 Å². The number of nitrogens with one attached hydrogen (secondary N) is 1. The van der Waals surface area contributed by atoms with E-state index in [4.69, 9.17) is 46.4 Å². The number of benzene rings is 1. The minimum Gasteiger partial charge on any atom is -0.328 e. The van der Waals surface area contributed by atoms with Crippen LogP contribution < -0.4 is 5.49 Å². The van der Waals surface area contributed by atoms with E-state index < -0.39 is 0 Å². The van der Waals surface area contributed by atoms with E-state index in [0.29, 0.717) is 5.49 Å². The van der Waals surface area contributed by atoms with E-state index in [0.717, 1.165) is 5.69 Å². The number of H-pyrrole nitrogens is 1. The number of hydrogen-bond acceptors (Lipinski definition) is 1. The van der Waals surface area contributed by atoms with Crippen molar-refractivity contribution in [3.8, 4) is 0 Å². The van der Waals surface area contributed by atoms with Crippen molar-refractivity contribution in [2.45, 2.75) is 0 Å². The van der Waals surface area contributed by atoms with Crippen LogP contribution in [-0.4, -0.2) is 4.98 Å². The Morgan fingerprint density at radius 1 is 0.833 bits per heavy atom. The fourth-order valence-corrected chi connectivity index (χ4v) is 2.01. The van der Waals surface area contributed by atoms with Gasteiger partial charge in [0.05, 0.1) is 15.7 Å². The third-order valence-corrected chi connectivity index (χ3v) is 3.71. The van der Waals surface area contributed by atoms with Gasteiger partial charge in [-0.3, -0.25) is 0 Å². The molecule has 0 bridgehead atoms. The Kier molecular flexibility index (Phi) is 6.23. The molecule has 1 aromatic heterocycles. The fraction of sp³-hybridized carbons (Fsp3) is 0. The van der Waals surface area contributed by atoms with E-state index in [1.165, 1.54) is 0 Å². The van der Waals surface area contributed by atoms with Crippen LogP contribution in [0, 0.1) is 0 Å². The van der Waals surface area contributed by atoms with Crippen LogP contribution in [-0.2, 0) is 21.1 Å². The summed E-state index contributed by atoms with van der Waals surface area (Å²) in [5.74, 6) is 0. The molecule has 1 heterocycles. The molecular weight excluding hydrogens is 486 g/mol. The largest absolute Gasteiger partial charge is 0.328 e. The van der Waals surface area contributed by atoms with Crippen LogP contribution in [0.15, 0.2) is 35.3 Å². The Morgan fingerprint density at radius 2 is 1.44 bits per heavy atom. The maximum absolute atomic E-state index is 6.02. The Hall–Kier alpha value is 0.0183. The summed E-state index contributed by atoms with van der Waals surface area (Å²) in [4.78, 5) is 7.07. The molecule has 18 heavy (non-hydrogen) atoms. The fourth-order valence-electron chi connectivity index (χ4n) is 1.22. The zero-order valence-corrected chi connectivity index (χ0v) is 14.7. The maximum Gasteiger partial charge on any atom is 0.152 e. The first-order valence-electron chi connectivity index (χ1n) is 4.61. The normalized spacial score (nSPS) is 11.2. The third kappa shape index (κ3) is 3.52. The van der Waals surface area contributed by atoms with Gasteiger partial charge in [0.15, 0.2) is 5.49 Å². The first kappa shape index (κ1) is 16.1. The van der Waals surface area contributed by atoms with E-state index in [-0.39, 0.29) is 41.3 Å². The molecule has 2 nitrogen and oxygen atoms in total. The first-order chi connectivity index (χ1) is 8.09. The topological polar surface area (TPSA) is 28.1 Å². The van der Waals surface area contributed by atoms with Gasteiger partial charge in [-0.05, 0) is 12.1 Å². The second-order valence-corrected chi connectivity index (χ2v) is 4.69. The smallest absolute Gasteiger partial charge is 0.152 e. The monoisotopic (exact) mass is 490 g/mol. The van der Waals surface area contributed by atoms with Gasteiger partial charge in [0.1, 0.15) is 10.2 Å². The van der Waals surface area contributed by atoms with Gasteiger partial charge in [0, 0.05) is 21.1 Å². The summed E-state index contributed by atoms with van der Waals surface area (Å²) in [6.07, 6.45) is 0. The summed E-state index contributed by atoms with van der Waals surface area (Å²) in [6, 6.07) is 9.30. The van der Waals surface area contributed by atoms with Crippen molar-refractivity contribution in [1.29, 1.82) is 0 Å². The van der Waals surface area contributed by atoms with Crippen LogP contribution in [0.1, 0.15) is 0 Å². The van der Waals surface area contributed by atoms with Gasteiger partial charge < -0.3 is 4.98 Å². The van der Waals surface area contributed by atoms with Crippen molar-refractivity contribution < 1.29 is 21.1 Å². The zero-order chi connectivity index (χ0) is 12.4. The number of para-hydroxylation sites is 1. The molecule has 94 valence electrons. The molecule has 0 unspecified atom stereocenters. The van der Waals surface area contributed by atoms with Gasteiger partial charge in [-0.2, -0.15) is 0 Å². The summed E-state index contributed by atoms with van der Waals surface area (Å²) < 4.78 is 0. The van der Waals surface area contributed by atoms with Gasteiger partial charge in [-0.15, -0.1) is 0 Å². The van der Waals surface area contributed by atoms with Crippen molar-refractivity contribution in [2.75, 3.05) is 0 Å². The van der Waals surface area contributed by atoms with Crippen molar-refractivity contribution >= 4 is 52.1 Å². The SMILES string of the molecule is Clc1[nH]c(=Nc2ccccc2)c(Cl)c(Cl)c1Cl.[W]. The molecule has 2 aromatic rings. The predicted molar refractivity (Wildman–Crippen MR) is 72.5 cm³/mol. The number of rotatable bonds is 1. The molecule has 1 aromatic carbocycles. The van der Waals surface area contributed by atoms with Crippen LogP contribution in [0.3, 0.4) is 0 Å². The van der Waals surface area contributed by atoms with Gasteiger partial charge in [-0.1, -0.05) is 64.6 Å². The Labute approximate surface area is 138 Å². The number of aromatic nitrogens is 1. The second-order valence-electron chi connectivity index (χ2n) is 3.18. The minimum atomic E-state index is 0. The van der Waals surface area contributed by atoms with Crippen molar-refractivity contribution in [3.05, 3.63) is 56.0 Å². The quantitative estimate of drug-likeness (QED) is 0.552. The first-order valence-corrected chi connectivity index (χ1v) is 6.13. The van der Waals surface area contributed by atoms with E-state index in [1.807, 2.05) is 30.3 Å². The van der Waals surface area contributed by atoms with Crippen LogP contribution >= 0.6 is 46.4 Å². The molecule has 0 atom stereocenters. The molecule has 0 amide bonds. The second kappa shape index (κ2) is 6.98. The van der Waals surface area contributed by atoms with Crippen LogP contribution in [0.25, 0.3) is 0 Å². The van der Waals surface area contributed by atoms with Crippen molar-refractivity contribution in [2.24, 2.45) is 4.99 Å². The number of nitrogens with zero attached hydrogens (tertiary/aromatic N) is 1. The van der Waals surface area contributed by atoms with E-state index >= 15 is 0 Å². The molecule has 0 aliphatic heterocycles. The molecule has 0 aliphatic rings. The Bertz CT molecular complexity index is 610. The van der Waals surface area contributed by atoms with Gasteiger partial charge >= 0.3 is 0 Å². The van der Waals surface area contributed by atoms with E-state index in [9.17, 15) is 0 Å². The molecule has 0 spiro atoms. The van der Waals surface area contributed by atoms with Gasteiger partial charge in [0.25, 0.3) is 0 Å². The molecule has 1 N–H and O–H groups in total. The molecular formula is C11H6Cl4N2W. The predicted octanol–water partition coefficient (Wildman–Crippen LogP) is 4.86. The number of aromatic amines is 1. The average Bonchev–Trinajstić information content (AvgIpc) is 2.35. The third-order valence-electron chi connectivity index (χ3n) is 2.01. The van der Waals surface area contributed by atoms with E-state index in [2.05, 4.69) is 9.98 Å². The molecule has 0 saturated heterocycles. The Balaban J connectivity index is 0.00000162. The molecule has 0 fully saturated rings. The summed E-state index contributed by atoms with van der Waals surface area (Å²) in [7, 11) is 0. The standard InChI is InChI=1S/C11H6Cl4N2.W/c12-7-8(13)10(15)17-11(9(7)14)16-6-4-2-1-3-5-6;/h1-5H,(H,16,17);. The molecule has 0 saturated carbocycles. The Morgan fingerprint density at radius 3 is 2.06 bits per heavy atom. The summed E-state index contributed by atoms with van der Waals surface area (Å²) in [5, 5.41) is 0.817. The van der Waals surface area contributed by atoms with Crippen LogP contribution in [0.2, 0.25) is 20.2 Å². The van der Waals surface area contributed by atoms with Gasteiger partial charge in [0.2, 0.25) is 0 Å². The number of pyridine rings is 1.